The van der Waals surface area contributed by atoms with E-state index in [2.05, 4.69) is 178 Å². The van der Waals surface area contributed by atoms with Crippen LogP contribution < -0.4 is 9.47 Å². The van der Waals surface area contributed by atoms with Crippen LogP contribution in [0.5, 0.6) is 11.5 Å². The van der Waals surface area contributed by atoms with Gasteiger partial charge in [-0.3, -0.25) is 0 Å². The summed E-state index contributed by atoms with van der Waals surface area (Å²) in [5.74, 6) is 0.423. The third kappa shape index (κ3) is 9.76. The van der Waals surface area contributed by atoms with E-state index in [0.29, 0.717) is 16.5 Å². The van der Waals surface area contributed by atoms with E-state index in [1.165, 1.54) is 43.8 Å². The van der Waals surface area contributed by atoms with Gasteiger partial charge in [0.15, 0.2) is 0 Å². The number of hydrogen-bond acceptors (Lipinski definition) is 9. The van der Waals surface area contributed by atoms with Crippen molar-refractivity contribution < 1.29 is 28.5 Å². The van der Waals surface area contributed by atoms with E-state index in [4.69, 9.17) is 41.6 Å². The molecule has 1 aliphatic carbocycles. The summed E-state index contributed by atoms with van der Waals surface area (Å²) in [7, 11) is 0. The lowest BCUT2D eigenvalue weighted by molar-refractivity contribution is -0.139. The molecule has 0 saturated heterocycles. The van der Waals surface area contributed by atoms with E-state index in [0.717, 1.165) is 93.6 Å². The zero-order valence-corrected chi connectivity index (χ0v) is 46.4. The number of esters is 2. The molecular formula is C72H52N2O6S2. The molecule has 0 radical (unpaired) electrons. The maximum Gasteiger partial charge on any atom is 0.330 e. The molecule has 13 rings (SSSR count). The molecule has 0 fully saturated rings. The molecule has 1 aromatic heterocycles. The molecule has 8 nitrogen and oxygen atoms in total. The van der Waals surface area contributed by atoms with Gasteiger partial charge in [0.25, 0.3) is 0 Å². The highest BCUT2D eigenvalue weighted by Gasteiger charge is 2.47. The zero-order chi connectivity index (χ0) is 55.9. The van der Waals surface area contributed by atoms with Crippen LogP contribution in [0.25, 0.3) is 86.1 Å². The molecule has 398 valence electrons. The molecule has 1 atom stereocenters. The minimum atomic E-state index is -0.751. The summed E-state index contributed by atoms with van der Waals surface area (Å²) >= 11 is 6.71. The Morgan fingerprint density at radius 3 is 1.77 bits per heavy atom. The largest absolute Gasteiger partial charge is 0.490 e. The smallest absolute Gasteiger partial charge is 0.330 e. The fraction of sp³-hybridized carbons (Fsp3) is 0.0833. The van der Waals surface area contributed by atoms with Crippen LogP contribution in [0.15, 0.2) is 237 Å². The van der Waals surface area contributed by atoms with Crippen LogP contribution in [-0.2, 0) is 24.5 Å². The summed E-state index contributed by atoms with van der Waals surface area (Å²) in [6, 6.07) is 73.7. The van der Waals surface area contributed by atoms with E-state index in [1.54, 1.807) is 11.3 Å². The number of benzene rings is 11. The molecule has 82 heavy (non-hydrogen) atoms. The first-order chi connectivity index (χ1) is 40.1. The average Bonchev–Trinajstić information content (AvgIpc) is 1.86. The van der Waals surface area contributed by atoms with Crippen molar-refractivity contribution >= 4 is 99.9 Å². The van der Waals surface area contributed by atoms with Crippen molar-refractivity contribution in [1.29, 1.82) is 0 Å². The summed E-state index contributed by atoms with van der Waals surface area (Å²) < 4.78 is 23.0. The van der Waals surface area contributed by atoms with Gasteiger partial charge >= 0.3 is 11.9 Å². The van der Waals surface area contributed by atoms with Gasteiger partial charge in [-0.1, -0.05) is 141 Å². The third-order valence-electron chi connectivity index (χ3n) is 15.4. The molecule has 11 aromatic carbocycles. The Morgan fingerprint density at radius 1 is 0.524 bits per heavy atom. The molecule has 0 saturated carbocycles. The normalized spacial score (nSPS) is 13.8. The number of aliphatic imine (C=N–C) groups is 1. The Kier molecular flexibility index (Phi) is 13.8. The van der Waals surface area contributed by atoms with Crippen LogP contribution >= 0.6 is 24.0 Å². The van der Waals surface area contributed by atoms with Crippen LogP contribution in [0, 0.1) is 6.92 Å². The van der Waals surface area contributed by atoms with E-state index < -0.39 is 17.4 Å². The second-order valence-corrected chi connectivity index (χ2v) is 21.8. The molecule has 1 aliphatic rings. The number of hydrogen-bond donors (Lipinski definition) is 1. The second kappa shape index (κ2) is 21.8. The minimum Gasteiger partial charge on any atom is -0.490 e. The number of thiol groups is 1. The number of ether oxygens (including phenoxy) is 4. The van der Waals surface area contributed by atoms with Crippen LogP contribution in [0.3, 0.4) is 0 Å². The van der Waals surface area contributed by atoms with Crippen molar-refractivity contribution in [3.05, 3.63) is 265 Å². The van der Waals surface area contributed by atoms with Crippen LogP contribution in [0.4, 0.5) is 5.69 Å². The predicted octanol–water partition coefficient (Wildman–Crippen LogP) is 17.1. The van der Waals surface area contributed by atoms with E-state index in [1.807, 2.05) is 48.5 Å². The predicted molar refractivity (Wildman–Crippen MR) is 337 cm³/mol. The Balaban J connectivity index is 0.905. The Labute approximate surface area is 483 Å². The van der Waals surface area contributed by atoms with Crippen molar-refractivity contribution in [2.24, 2.45) is 4.99 Å². The highest BCUT2D eigenvalue weighted by Crippen LogP contribution is 2.58. The van der Waals surface area contributed by atoms with Gasteiger partial charge in [-0.25, -0.2) is 19.6 Å². The number of aryl methyl sites for hydroxylation is 1. The zero-order valence-electron chi connectivity index (χ0n) is 44.7. The summed E-state index contributed by atoms with van der Waals surface area (Å²) in [6.07, 6.45) is 2.28. The summed E-state index contributed by atoms with van der Waals surface area (Å²) in [5.41, 5.74) is 13.3. The average molecular weight is 1110 g/mol. The lowest BCUT2D eigenvalue weighted by atomic mass is 9.67. The first-order valence-corrected chi connectivity index (χ1v) is 28.3. The maximum absolute atomic E-state index is 11.5. The Bertz CT molecular complexity index is 4620. The number of carbonyl (C=O) groups excluding carboxylic acids is 2. The number of fused-ring (bicyclic) bond motifs is 8. The van der Waals surface area contributed by atoms with Gasteiger partial charge in [0, 0.05) is 23.3 Å². The van der Waals surface area contributed by atoms with Gasteiger partial charge in [-0.15, -0.1) is 24.0 Å². The molecule has 1 unspecified atom stereocenters. The molecule has 12 aromatic rings. The minimum absolute atomic E-state index is 0.132. The van der Waals surface area contributed by atoms with E-state index >= 15 is 0 Å². The van der Waals surface area contributed by atoms with E-state index in [9.17, 15) is 9.59 Å². The first-order valence-electron chi connectivity index (χ1n) is 27.0. The standard InChI is InChI=1S/C72H52N2O6S2/c1-4-68(75)79-32-30-77-59-25-20-50-36-55(18-16-52(50)38-59)70(81)73-65-28-23-57(34-44(65)3)72(58-24-29-66-67(43-58)82-71(74-66)56-19-17-53-39-60(26-21-51(53)37-56)78-31-33-80-69(76)5-2)63-27-22-54(49-15-14-45-10-6-7-11-46(45)35-49)41-61(63)62-40-47-12-8-9-13-48(47)42-64(62)72/h4-29,34-43H,1-2,30-33H2,3H3,(H,73,81). The highest BCUT2D eigenvalue weighted by atomic mass is 32.1. The quantitative estimate of drug-likeness (QED) is 0.0257. The molecule has 0 amide bonds. The summed E-state index contributed by atoms with van der Waals surface area (Å²) in [4.78, 5) is 33.4. The number of carbonyl (C=O) groups is 2. The van der Waals surface area contributed by atoms with Gasteiger partial charge in [-0.05, 0) is 179 Å². The Hall–Kier alpha value is -9.61. The fourth-order valence-electron chi connectivity index (χ4n) is 11.4. The molecule has 0 aliphatic heterocycles. The lowest BCUT2D eigenvalue weighted by Gasteiger charge is -2.34. The number of rotatable bonds is 16. The van der Waals surface area contributed by atoms with Crippen molar-refractivity contribution in [3.8, 4) is 44.3 Å². The summed E-state index contributed by atoms with van der Waals surface area (Å²) in [5, 5.41) is 10.4. The van der Waals surface area contributed by atoms with Crippen molar-refractivity contribution in [1.82, 2.24) is 4.98 Å². The number of thiazole rings is 1. The van der Waals surface area contributed by atoms with Gasteiger partial charge in [0.2, 0.25) is 0 Å². The van der Waals surface area contributed by atoms with Crippen LogP contribution in [-0.4, -0.2) is 48.4 Å². The Morgan fingerprint density at radius 2 is 1.06 bits per heavy atom. The number of nitrogens with zero attached hydrogens (tertiary/aromatic N) is 2. The molecule has 10 heteroatoms. The van der Waals surface area contributed by atoms with Gasteiger partial charge < -0.3 is 18.9 Å². The lowest BCUT2D eigenvalue weighted by Crippen LogP contribution is -2.28. The molecule has 1 heterocycles. The van der Waals surface area contributed by atoms with Crippen molar-refractivity contribution in [2.45, 2.75) is 12.3 Å². The molecule has 0 N–H and O–H groups in total. The maximum atomic E-state index is 11.5. The van der Waals surface area contributed by atoms with Crippen LogP contribution in [0.1, 0.15) is 33.4 Å². The molecular weight excluding hydrogens is 1050 g/mol. The highest BCUT2D eigenvalue weighted by molar-refractivity contribution is 7.97. The molecule has 0 spiro atoms. The van der Waals surface area contributed by atoms with Gasteiger partial charge in [0.1, 0.15) is 48.0 Å². The van der Waals surface area contributed by atoms with Gasteiger partial charge in [-0.2, -0.15) is 0 Å². The first kappa shape index (κ1) is 51.8. The fourth-order valence-corrected chi connectivity index (χ4v) is 12.7. The SMILES string of the molecule is C=CC(=O)OCCOc1ccc2cc(C(S)=Nc3ccc(C4(c5ccc6nc(-c7ccc8cc(OCCOC(=O)C=C)ccc8c7)sc6c5)c5ccc(-c6ccc7ccccc7c6)cc5-c5cc6ccccc6cc54)cc3C)ccc2c1. The van der Waals surface area contributed by atoms with Crippen LogP contribution in [0.2, 0.25) is 0 Å². The number of aromatic nitrogens is 1. The second-order valence-electron chi connectivity index (χ2n) is 20.3. The van der Waals surface area contributed by atoms with Gasteiger partial charge in [0.05, 0.1) is 21.3 Å². The van der Waals surface area contributed by atoms with E-state index in [-0.39, 0.29) is 26.4 Å². The monoisotopic (exact) mass is 1100 g/mol. The van der Waals surface area contributed by atoms with Crippen molar-refractivity contribution in [2.75, 3.05) is 26.4 Å². The molecule has 0 bridgehead atoms. The topological polar surface area (TPSA) is 96.3 Å². The third-order valence-corrected chi connectivity index (χ3v) is 16.8. The van der Waals surface area contributed by atoms with Crippen molar-refractivity contribution in [3.63, 3.8) is 0 Å². The summed E-state index contributed by atoms with van der Waals surface area (Å²) in [6.45, 7) is 9.76.